The van der Waals surface area contributed by atoms with Crippen LogP contribution in [0.15, 0.2) is 66.7 Å². The largest absolute Gasteiger partial charge is 0.497 e. The molecule has 8 heteroatoms. The van der Waals surface area contributed by atoms with Crippen LogP contribution in [-0.4, -0.2) is 42.2 Å². The number of carbonyl (C=O) groups excluding carboxylic acids is 2. The number of nitrogens with one attached hydrogen (secondary N) is 3. The fourth-order valence-electron chi connectivity index (χ4n) is 3.44. The third-order valence-corrected chi connectivity index (χ3v) is 5.12. The zero-order valence-electron chi connectivity index (χ0n) is 17.5. The molecular weight excluding hydrogens is 406 g/mol. The molecule has 0 aliphatic carbocycles. The van der Waals surface area contributed by atoms with Crippen LogP contribution in [0.3, 0.4) is 0 Å². The van der Waals surface area contributed by atoms with Gasteiger partial charge in [-0.1, -0.05) is 24.3 Å². The predicted octanol–water partition coefficient (Wildman–Crippen LogP) is 2.98. The highest BCUT2D eigenvalue weighted by molar-refractivity contribution is 6.02. The molecule has 0 unspecified atom stereocenters. The summed E-state index contributed by atoms with van der Waals surface area (Å²) in [7, 11) is 1.57. The molecule has 2 amide bonds. The summed E-state index contributed by atoms with van der Waals surface area (Å²) < 4.78 is 5.08. The van der Waals surface area contributed by atoms with Crippen LogP contribution in [0.5, 0.6) is 5.75 Å². The molecule has 0 atom stereocenters. The number of H-pyrrole nitrogens is 1. The van der Waals surface area contributed by atoms with Crippen LogP contribution in [0.2, 0.25) is 0 Å². The molecule has 0 spiro atoms. The molecular formula is C24H23N5O3. The molecule has 0 fully saturated rings. The van der Waals surface area contributed by atoms with Crippen molar-refractivity contribution in [3.05, 3.63) is 77.9 Å². The van der Waals surface area contributed by atoms with E-state index in [-0.39, 0.29) is 11.8 Å². The van der Waals surface area contributed by atoms with E-state index in [1.807, 2.05) is 30.3 Å². The number of aromatic amines is 1. The second-order valence-electron chi connectivity index (χ2n) is 7.15. The first-order chi connectivity index (χ1) is 15.6. The number of nitrogen functional groups attached to an aromatic ring is 1. The summed E-state index contributed by atoms with van der Waals surface area (Å²) in [6, 6.07) is 19.9. The van der Waals surface area contributed by atoms with Gasteiger partial charge in [0.2, 0.25) is 0 Å². The SMILES string of the molecule is COc1ccc(C(=O)NCCNC(=O)c2ccc(-c3cccc4[nH]nc(N)c34)cc2)cc1. The molecule has 1 heterocycles. The molecule has 32 heavy (non-hydrogen) atoms. The topological polar surface area (TPSA) is 122 Å². The van der Waals surface area contributed by atoms with Gasteiger partial charge in [-0.2, -0.15) is 5.10 Å². The number of anilines is 1. The van der Waals surface area contributed by atoms with Crippen LogP contribution in [-0.2, 0) is 0 Å². The number of rotatable bonds is 7. The minimum atomic E-state index is -0.212. The van der Waals surface area contributed by atoms with Crippen molar-refractivity contribution in [2.75, 3.05) is 25.9 Å². The fraction of sp³-hybridized carbons (Fsp3) is 0.125. The van der Waals surface area contributed by atoms with Crippen LogP contribution in [0.1, 0.15) is 20.7 Å². The third-order valence-electron chi connectivity index (χ3n) is 5.12. The first-order valence-electron chi connectivity index (χ1n) is 10.1. The van der Waals surface area contributed by atoms with Gasteiger partial charge in [0, 0.05) is 24.2 Å². The van der Waals surface area contributed by atoms with Crippen molar-refractivity contribution in [3.63, 3.8) is 0 Å². The minimum absolute atomic E-state index is 0.209. The summed E-state index contributed by atoms with van der Waals surface area (Å²) in [6.07, 6.45) is 0. The number of carbonyl (C=O) groups is 2. The molecule has 0 aliphatic heterocycles. The second kappa shape index (κ2) is 9.22. The van der Waals surface area contributed by atoms with Gasteiger partial charge in [0.1, 0.15) is 5.75 Å². The summed E-state index contributed by atoms with van der Waals surface area (Å²) >= 11 is 0. The van der Waals surface area contributed by atoms with E-state index in [1.54, 1.807) is 43.5 Å². The molecule has 0 bridgehead atoms. The molecule has 8 nitrogen and oxygen atoms in total. The standard InChI is InChI=1S/C24H23N5O3/c1-32-18-11-9-17(10-12-18)24(31)27-14-13-26-23(30)16-7-5-15(6-8-16)19-3-2-4-20-21(19)22(25)29-28-20/h2-12H,13-14H2,1H3,(H,26,30)(H,27,31)(H3,25,28,29). The Labute approximate surface area is 184 Å². The van der Waals surface area contributed by atoms with E-state index in [4.69, 9.17) is 10.5 Å². The van der Waals surface area contributed by atoms with Gasteiger partial charge >= 0.3 is 0 Å². The fourth-order valence-corrected chi connectivity index (χ4v) is 3.44. The third kappa shape index (κ3) is 4.39. The van der Waals surface area contributed by atoms with Crippen LogP contribution < -0.4 is 21.1 Å². The lowest BCUT2D eigenvalue weighted by molar-refractivity contribution is 0.0927. The molecule has 3 aromatic carbocycles. The number of amides is 2. The summed E-state index contributed by atoms with van der Waals surface area (Å²) in [4.78, 5) is 24.6. The van der Waals surface area contributed by atoms with Crippen molar-refractivity contribution in [3.8, 4) is 16.9 Å². The number of benzene rings is 3. The molecule has 4 aromatic rings. The lowest BCUT2D eigenvalue weighted by Crippen LogP contribution is -2.34. The van der Waals surface area contributed by atoms with Crippen molar-refractivity contribution in [1.82, 2.24) is 20.8 Å². The molecule has 0 radical (unpaired) electrons. The van der Waals surface area contributed by atoms with Crippen LogP contribution >= 0.6 is 0 Å². The molecule has 1 aromatic heterocycles. The molecule has 0 saturated heterocycles. The number of methoxy groups -OCH3 is 1. The van der Waals surface area contributed by atoms with E-state index < -0.39 is 0 Å². The van der Waals surface area contributed by atoms with Crippen LogP contribution in [0.4, 0.5) is 5.82 Å². The van der Waals surface area contributed by atoms with Gasteiger partial charge in [0.05, 0.1) is 18.0 Å². The van der Waals surface area contributed by atoms with E-state index in [2.05, 4.69) is 20.8 Å². The Bertz CT molecular complexity index is 1250. The molecule has 0 aliphatic rings. The van der Waals surface area contributed by atoms with Crippen molar-refractivity contribution >= 4 is 28.5 Å². The number of hydrogen-bond donors (Lipinski definition) is 4. The maximum atomic E-state index is 12.4. The summed E-state index contributed by atoms with van der Waals surface area (Å²) in [6.45, 7) is 0.629. The van der Waals surface area contributed by atoms with Crippen molar-refractivity contribution in [1.29, 1.82) is 0 Å². The van der Waals surface area contributed by atoms with E-state index in [0.717, 1.165) is 22.0 Å². The second-order valence-corrected chi connectivity index (χ2v) is 7.15. The van der Waals surface area contributed by atoms with Crippen molar-refractivity contribution in [2.45, 2.75) is 0 Å². The predicted molar refractivity (Wildman–Crippen MR) is 124 cm³/mol. The Morgan fingerprint density at radius 2 is 1.50 bits per heavy atom. The number of ether oxygens (including phenoxy) is 1. The molecule has 0 saturated carbocycles. The van der Waals surface area contributed by atoms with E-state index in [9.17, 15) is 9.59 Å². The first-order valence-corrected chi connectivity index (χ1v) is 10.1. The Kier molecular flexibility index (Phi) is 6.03. The van der Waals surface area contributed by atoms with Crippen molar-refractivity contribution in [2.24, 2.45) is 0 Å². The van der Waals surface area contributed by atoms with Gasteiger partial charge in [0.15, 0.2) is 5.82 Å². The Morgan fingerprint density at radius 1 is 0.906 bits per heavy atom. The Morgan fingerprint density at radius 3 is 2.09 bits per heavy atom. The number of fused-ring (bicyclic) bond motifs is 1. The summed E-state index contributed by atoms with van der Waals surface area (Å²) in [5.74, 6) is 0.703. The lowest BCUT2D eigenvalue weighted by Gasteiger charge is -2.09. The van der Waals surface area contributed by atoms with Crippen LogP contribution in [0, 0.1) is 0 Å². The van der Waals surface area contributed by atoms with Gasteiger partial charge < -0.3 is 21.1 Å². The average Bonchev–Trinajstić information content (AvgIpc) is 3.22. The highest BCUT2D eigenvalue weighted by atomic mass is 16.5. The Hall–Kier alpha value is -4.33. The van der Waals surface area contributed by atoms with Gasteiger partial charge in [-0.25, -0.2) is 0 Å². The molecule has 162 valence electrons. The normalized spacial score (nSPS) is 10.7. The summed E-state index contributed by atoms with van der Waals surface area (Å²) in [5, 5.41) is 13.4. The van der Waals surface area contributed by atoms with Gasteiger partial charge in [-0.15, -0.1) is 0 Å². The van der Waals surface area contributed by atoms with E-state index in [0.29, 0.717) is 35.8 Å². The summed E-state index contributed by atoms with van der Waals surface area (Å²) in [5.41, 5.74) is 9.79. The number of hydrogen-bond acceptors (Lipinski definition) is 5. The Balaban J connectivity index is 1.32. The lowest BCUT2D eigenvalue weighted by atomic mass is 10.00. The van der Waals surface area contributed by atoms with Gasteiger partial charge in [-0.3, -0.25) is 14.7 Å². The number of nitrogens with zero attached hydrogens (tertiary/aromatic N) is 1. The monoisotopic (exact) mass is 429 g/mol. The molecule has 5 N–H and O–H groups in total. The maximum Gasteiger partial charge on any atom is 0.251 e. The quantitative estimate of drug-likeness (QED) is 0.337. The van der Waals surface area contributed by atoms with Crippen molar-refractivity contribution < 1.29 is 14.3 Å². The minimum Gasteiger partial charge on any atom is -0.497 e. The number of nitrogens with two attached hydrogens (primary N) is 1. The van der Waals surface area contributed by atoms with Gasteiger partial charge in [-0.05, 0) is 53.6 Å². The highest BCUT2D eigenvalue weighted by Gasteiger charge is 2.11. The van der Waals surface area contributed by atoms with E-state index >= 15 is 0 Å². The zero-order valence-corrected chi connectivity index (χ0v) is 17.5. The van der Waals surface area contributed by atoms with Gasteiger partial charge in [0.25, 0.3) is 11.8 Å². The van der Waals surface area contributed by atoms with E-state index in [1.165, 1.54) is 0 Å². The molecule has 4 rings (SSSR count). The van der Waals surface area contributed by atoms with Crippen LogP contribution in [0.25, 0.3) is 22.0 Å². The average molecular weight is 429 g/mol. The maximum absolute atomic E-state index is 12.4. The highest BCUT2D eigenvalue weighted by Crippen LogP contribution is 2.31. The number of aromatic nitrogens is 2. The first kappa shape index (κ1) is 20.9. The smallest absolute Gasteiger partial charge is 0.251 e. The zero-order chi connectivity index (χ0) is 22.5.